The van der Waals surface area contributed by atoms with Gasteiger partial charge in [0, 0.05) is 12.5 Å². The van der Waals surface area contributed by atoms with Crippen molar-refractivity contribution in [1.29, 1.82) is 0 Å². The number of hydrogen-bond donors (Lipinski definition) is 2. The standard InChI is InChI=1S/C14H21NO2/c1-9(2)14(16)12(15)7-10-3-4-11-5-6-17-13(11)8-10/h3-4,8-9,12,14,16H,5-7,15H2,1-2H3. The highest BCUT2D eigenvalue weighted by Gasteiger charge is 2.19. The number of aliphatic hydroxyl groups is 1. The lowest BCUT2D eigenvalue weighted by molar-refractivity contribution is 0.0978. The van der Waals surface area contributed by atoms with Crippen molar-refractivity contribution in [3.05, 3.63) is 29.3 Å². The molecule has 2 unspecified atom stereocenters. The van der Waals surface area contributed by atoms with E-state index in [2.05, 4.69) is 18.2 Å². The molecule has 17 heavy (non-hydrogen) atoms. The predicted octanol–water partition coefficient (Wildman–Crippen LogP) is 1.51. The van der Waals surface area contributed by atoms with Crippen molar-refractivity contribution in [1.82, 2.24) is 0 Å². The van der Waals surface area contributed by atoms with Gasteiger partial charge in [0.15, 0.2) is 0 Å². The molecule has 0 saturated carbocycles. The SMILES string of the molecule is CC(C)C(O)C(N)Cc1ccc2c(c1)OCC2. The highest BCUT2D eigenvalue weighted by atomic mass is 16.5. The fourth-order valence-corrected chi connectivity index (χ4v) is 2.23. The number of benzene rings is 1. The number of hydrogen-bond acceptors (Lipinski definition) is 3. The molecule has 3 heteroatoms. The minimum absolute atomic E-state index is 0.190. The van der Waals surface area contributed by atoms with Crippen LogP contribution in [0.1, 0.15) is 25.0 Å². The van der Waals surface area contributed by atoms with Crippen LogP contribution in [0, 0.1) is 5.92 Å². The largest absolute Gasteiger partial charge is 0.493 e. The average molecular weight is 235 g/mol. The van der Waals surface area contributed by atoms with Crippen LogP contribution in [0.15, 0.2) is 18.2 Å². The third kappa shape index (κ3) is 2.79. The van der Waals surface area contributed by atoms with Gasteiger partial charge in [-0.3, -0.25) is 0 Å². The molecule has 1 aliphatic rings. The van der Waals surface area contributed by atoms with Crippen molar-refractivity contribution in [2.24, 2.45) is 11.7 Å². The molecule has 0 bridgehead atoms. The summed E-state index contributed by atoms with van der Waals surface area (Å²) in [4.78, 5) is 0. The van der Waals surface area contributed by atoms with E-state index in [-0.39, 0.29) is 12.0 Å². The van der Waals surface area contributed by atoms with E-state index in [4.69, 9.17) is 10.5 Å². The lowest BCUT2D eigenvalue weighted by Gasteiger charge is -2.22. The average Bonchev–Trinajstić information content (AvgIpc) is 2.74. The Morgan fingerprint density at radius 3 is 2.88 bits per heavy atom. The van der Waals surface area contributed by atoms with Gasteiger partial charge in [-0.15, -0.1) is 0 Å². The molecule has 1 heterocycles. The number of ether oxygens (including phenoxy) is 1. The molecular formula is C14H21NO2. The quantitative estimate of drug-likeness (QED) is 0.831. The van der Waals surface area contributed by atoms with Crippen molar-refractivity contribution >= 4 is 0 Å². The van der Waals surface area contributed by atoms with Gasteiger partial charge in [-0.2, -0.15) is 0 Å². The van der Waals surface area contributed by atoms with E-state index in [9.17, 15) is 5.11 Å². The maximum atomic E-state index is 9.89. The molecule has 0 amide bonds. The van der Waals surface area contributed by atoms with E-state index in [1.54, 1.807) is 0 Å². The Kier molecular flexibility index (Phi) is 3.69. The van der Waals surface area contributed by atoms with Crippen LogP contribution in [-0.4, -0.2) is 23.9 Å². The number of aliphatic hydroxyl groups excluding tert-OH is 1. The maximum Gasteiger partial charge on any atom is 0.122 e. The molecule has 2 atom stereocenters. The lowest BCUT2D eigenvalue weighted by atomic mass is 9.94. The molecule has 2 rings (SSSR count). The molecule has 1 aliphatic heterocycles. The summed E-state index contributed by atoms with van der Waals surface area (Å²) < 4.78 is 5.53. The summed E-state index contributed by atoms with van der Waals surface area (Å²) in [7, 11) is 0. The Labute approximate surface area is 103 Å². The Balaban J connectivity index is 2.04. The van der Waals surface area contributed by atoms with Crippen molar-refractivity contribution in [3.63, 3.8) is 0 Å². The van der Waals surface area contributed by atoms with Gasteiger partial charge in [0.25, 0.3) is 0 Å². The zero-order valence-corrected chi connectivity index (χ0v) is 10.5. The second-order valence-corrected chi connectivity index (χ2v) is 5.14. The number of fused-ring (bicyclic) bond motifs is 1. The van der Waals surface area contributed by atoms with Crippen LogP contribution in [0.5, 0.6) is 5.75 Å². The molecule has 0 spiro atoms. The number of nitrogens with two attached hydrogens (primary N) is 1. The molecule has 0 aromatic heterocycles. The normalized spacial score (nSPS) is 17.7. The second-order valence-electron chi connectivity index (χ2n) is 5.14. The van der Waals surface area contributed by atoms with Crippen LogP contribution >= 0.6 is 0 Å². The van der Waals surface area contributed by atoms with Gasteiger partial charge >= 0.3 is 0 Å². The first kappa shape index (κ1) is 12.4. The molecule has 3 nitrogen and oxygen atoms in total. The van der Waals surface area contributed by atoms with Crippen molar-refractivity contribution < 1.29 is 9.84 Å². The van der Waals surface area contributed by atoms with E-state index in [0.717, 1.165) is 24.3 Å². The van der Waals surface area contributed by atoms with Crippen LogP contribution in [-0.2, 0) is 12.8 Å². The van der Waals surface area contributed by atoms with Crippen LogP contribution in [0.3, 0.4) is 0 Å². The molecular weight excluding hydrogens is 214 g/mol. The minimum Gasteiger partial charge on any atom is -0.493 e. The van der Waals surface area contributed by atoms with E-state index >= 15 is 0 Å². The van der Waals surface area contributed by atoms with E-state index < -0.39 is 6.10 Å². The Morgan fingerprint density at radius 2 is 2.18 bits per heavy atom. The molecule has 0 saturated heterocycles. The Hall–Kier alpha value is -1.06. The fourth-order valence-electron chi connectivity index (χ4n) is 2.23. The monoisotopic (exact) mass is 235 g/mol. The van der Waals surface area contributed by atoms with Crippen LogP contribution in [0.25, 0.3) is 0 Å². The molecule has 1 aromatic carbocycles. The fraction of sp³-hybridized carbons (Fsp3) is 0.571. The summed E-state index contributed by atoms with van der Waals surface area (Å²) in [6.45, 7) is 4.74. The predicted molar refractivity (Wildman–Crippen MR) is 68.2 cm³/mol. The topological polar surface area (TPSA) is 55.5 Å². The van der Waals surface area contributed by atoms with Crippen molar-refractivity contribution in [2.45, 2.75) is 38.8 Å². The van der Waals surface area contributed by atoms with Crippen molar-refractivity contribution in [3.8, 4) is 5.75 Å². The molecule has 0 radical (unpaired) electrons. The highest BCUT2D eigenvalue weighted by molar-refractivity contribution is 5.40. The second kappa shape index (κ2) is 5.07. The van der Waals surface area contributed by atoms with Gasteiger partial charge in [0.1, 0.15) is 5.75 Å². The summed E-state index contributed by atoms with van der Waals surface area (Å²) in [5.74, 6) is 1.17. The van der Waals surface area contributed by atoms with Gasteiger partial charge in [-0.25, -0.2) is 0 Å². The van der Waals surface area contributed by atoms with Crippen molar-refractivity contribution in [2.75, 3.05) is 6.61 Å². The summed E-state index contributed by atoms with van der Waals surface area (Å²) in [6.07, 6.45) is 1.23. The van der Waals surface area contributed by atoms with Gasteiger partial charge in [0.2, 0.25) is 0 Å². The van der Waals surface area contributed by atoms with Gasteiger partial charge in [-0.1, -0.05) is 26.0 Å². The van der Waals surface area contributed by atoms with Crippen LogP contribution < -0.4 is 10.5 Å². The number of rotatable bonds is 4. The summed E-state index contributed by atoms with van der Waals surface area (Å²) in [6, 6.07) is 6.02. The van der Waals surface area contributed by atoms with Crippen LogP contribution in [0.4, 0.5) is 0 Å². The molecule has 94 valence electrons. The zero-order chi connectivity index (χ0) is 12.4. The van der Waals surface area contributed by atoms with E-state index in [1.807, 2.05) is 13.8 Å². The third-order valence-corrected chi connectivity index (χ3v) is 3.35. The zero-order valence-electron chi connectivity index (χ0n) is 10.5. The van der Waals surface area contributed by atoms with Gasteiger partial charge in [0.05, 0.1) is 12.7 Å². The first-order valence-corrected chi connectivity index (χ1v) is 6.26. The molecule has 0 aliphatic carbocycles. The first-order chi connectivity index (χ1) is 8.08. The smallest absolute Gasteiger partial charge is 0.122 e. The highest BCUT2D eigenvalue weighted by Crippen LogP contribution is 2.26. The Bertz CT molecular complexity index is 390. The summed E-state index contributed by atoms with van der Waals surface area (Å²) in [5.41, 5.74) is 8.41. The molecule has 3 N–H and O–H groups in total. The molecule has 0 fully saturated rings. The maximum absolute atomic E-state index is 9.89. The van der Waals surface area contributed by atoms with E-state index in [1.165, 1.54) is 5.56 Å². The van der Waals surface area contributed by atoms with Crippen LogP contribution in [0.2, 0.25) is 0 Å². The first-order valence-electron chi connectivity index (χ1n) is 6.26. The van der Waals surface area contributed by atoms with E-state index in [0.29, 0.717) is 6.42 Å². The lowest BCUT2D eigenvalue weighted by Crippen LogP contribution is -2.39. The third-order valence-electron chi connectivity index (χ3n) is 3.35. The van der Waals surface area contributed by atoms with Gasteiger partial charge in [-0.05, 0) is 29.5 Å². The van der Waals surface area contributed by atoms with Gasteiger partial charge < -0.3 is 15.6 Å². The Morgan fingerprint density at radius 1 is 1.41 bits per heavy atom. The summed E-state index contributed by atoms with van der Waals surface area (Å²) in [5, 5.41) is 9.89. The minimum atomic E-state index is -0.454. The summed E-state index contributed by atoms with van der Waals surface area (Å²) >= 11 is 0. The molecule has 1 aromatic rings.